The number of nitrogens with one attached hydrogen (secondary N) is 3. The Morgan fingerprint density at radius 3 is 2.95 bits per heavy atom. The number of rotatable bonds is 5. The summed E-state index contributed by atoms with van der Waals surface area (Å²) in [6, 6.07) is 4.35. The Morgan fingerprint density at radius 1 is 1.32 bits per heavy atom. The number of amides is 4. The van der Waals surface area contributed by atoms with Gasteiger partial charge in [-0.3, -0.25) is 19.3 Å². The van der Waals surface area contributed by atoms with Crippen LogP contribution in [0.5, 0.6) is 0 Å². The summed E-state index contributed by atoms with van der Waals surface area (Å²) in [5.74, 6) is -0.00116. The summed E-state index contributed by atoms with van der Waals surface area (Å²) in [7, 11) is 0. The molecule has 1 aliphatic heterocycles. The van der Waals surface area contributed by atoms with Crippen LogP contribution in [0.4, 0.5) is 4.79 Å². The number of aromatic nitrogens is 3. The third-order valence-electron chi connectivity index (χ3n) is 3.35. The van der Waals surface area contributed by atoms with Crippen molar-refractivity contribution in [2.75, 3.05) is 0 Å². The standard InChI is InChI=1S/C13H14N6O3/c20-11(5-4-8-12(21)16-13(22)15-8)14-7-10-18-17-9-3-1-2-6-19(9)10/h1-3,6,8H,4-5,7H2,(H,14,20)(H2,15,16,21,22). The topological polar surface area (TPSA) is 117 Å². The van der Waals surface area contributed by atoms with Gasteiger partial charge in [0.1, 0.15) is 6.04 Å². The van der Waals surface area contributed by atoms with Crippen LogP contribution >= 0.6 is 0 Å². The van der Waals surface area contributed by atoms with Gasteiger partial charge in [0, 0.05) is 12.6 Å². The van der Waals surface area contributed by atoms with E-state index >= 15 is 0 Å². The molecule has 114 valence electrons. The SMILES string of the molecule is O=C(CCC1NC(=O)NC1=O)NCc1nnc2ccccn12. The van der Waals surface area contributed by atoms with Crippen LogP contribution < -0.4 is 16.0 Å². The first-order valence-corrected chi connectivity index (χ1v) is 6.80. The minimum absolute atomic E-state index is 0.134. The molecule has 0 aliphatic carbocycles. The fourth-order valence-electron chi connectivity index (χ4n) is 2.22. The number of hydrogen-bond acceptors (Lipinski definition) is 5. The monoisotopic (exact) mass is 302 g/mol. The highest BCUT2D eigenvalue weighted by molar-refractivity contribution is 6.04. The van der Waals surface area contributed by atoms with E-state index < -0.39 is 18.0 Å². The average molecular weight is 302 g/mol. The maximum Gasteiger partial charge on any atom is 0.322 e. The van der Waals surface area contributed by atoms with Gasteiger partial charge in [-0.1, -0.05) is 6.07 Å². The average Bonchev–Trinajstić information content (AvgIpc) is 3.06. The smallest absolute Gasteiger partial charge is 0.322 e. The predicted octanol–water partition coefficient (Wildman–Crippen LogP) is -0.666. The van der Waals surface area contributed by atoms with E-state index in [1.54, 1.807) is 4.40 Å². The minimum Gasteiger partial charge on any atom is -0.349 e. The largest absolute Gasteiger partial charge is 0.349 e. The maximum absolute atomic E-state index is 11.8. The number of urea groups is 1. The second kappa shape index (κ2) is 5.80. The predicted molar refractivity (Wildman–Crippen MR) is 74.5 cm³/mol. The summed E-state index contributed by atoms with van der Waals surface area (Å²) in [6.45, 7) is 0.243. The van der Waals surface area contributed by atoms with Gasteiger partial charge in [-0.25, -0.2) is 4.79 Å². The lowest BCUT2D eigenvalue weighted by atomic mass is 10.1. The fraction of sp³-hybridized carbons (Fsp3) is 0.308. The molecule has 22 heavy (non-hydrogen) atoms. The molecule has 9 heteroatoms. The molecular weight excluding hydrogens is 288 g/mol. The van der Waals surface area contributed by atoms with E-state index in [0.717, 1.165) is 0 Å². The van der Waals surface area contributed by atoms with E-state index in [1.165, 1.54) is 0 Å². The van der Waals surface area contributed by atoms with Gasteiger partial charge in [0.25, 0.3) is 5.91 Å². The molecule has 0 spiro atoms. The number of nitrogens with zero attached hydrogens (tertiary/aromatic N) is 3. The van der Waals surface area contributed by atoms with Crippen molar-refractivity contribution in [2.45, 2.75) is 25.4 Å². The molecule has 0 aromatic carbocycles. The number of fused-ring (bicyclic) bond motifs is 1. The molecule has 3 N–H and O–H groups in total. The van der Waals surface area contributed by atoms with E-state index in [-0.39, 0.29) is 25.3 Å². The summed E-state index contributed by atoms with van der Waals surface area (Å²) in [6.07, 6.45) is 2.20. The van der Waals surface area contributed by atoms with Crippen LogP contribution in [0.15, 0.2) is 24.4 Å². The van der Waals surface area contributed by atoms with Gasteiger partial charge in [0.05, 0.1) is 6.54 Å². The molecule has 0 bridgehead atoms. The molecule has 2 aromatic rings. The van der Waals surface area contributed by atoms with E-state index in [4.69, 9.17) is 0 Å². The second-order valence-electron chi connectivity index (χ2n) is 4.88. The Morgan fingerprint density at radius 2 is 2.18 bits per heavy atom. The lowest BCUT2D eigenvalue weighted by Crippen LogP contribution is -2.31. The molecule has 2 aromatic heterocycles. The van der Waals surface area contributed by atoms with Crippen LogP contribution in [0.1, 0.15) is 18.7 Å². The van der Waals surface area contributed by atoms with Crippen LogP contribution in [0, 0.1) is 0 Å². The highest BCUT2D eigenvalue weighted by Crippen LogP contribution is 2.04. The molecule has 4 amide bonds. The van der Waals surface area contributed by atoms with E-state index in [9.17, 15) is 14.4 Å². The van der Waals surface area contributed by atoms with Gasteiger partial charge in [0.2, 0.25) is 5.91 Å². The number of carbonyl (C=O) groups excluding carboxylic acids is 3. The Balaban J connectivity index is 1.50. The lowest BCUT2D eigenvalue weighted by Gasteiger charge is -2.07. The zero-order valence-corrected chi connectivity index (χ0v) is 11.6. The van der Waals surface area contributed by atoms with Crippen LogP contribution in [-0.2, 0) is 16.1 Å². The molecule has 0 radical (unpaired) electrons. The van der Waals surface area contributed by atoms with Crippen LogP contribution in [0.2, 0.25) is 0 Å². The highest BCUT2D eigenvalue weighted by Gasteiger charge is 2.29. The van der Waals surface area contributed by atoms with Crippen molar-refractivity contribution in [3.63, 3.8) is 0 Å². The van der Waals surface area contributed by atoms with Gasteiger partial charge in [-0.05, 0) is 18.6 Å². The highest BCUT2D eigenvalue weighted by atomic mass is 16.2. The molecular formula is C13H14N6O3. The van der Waals surface area contributed by atoms with Crippen LogP contribution in [0.25, 0.3) is 5.65 Å². The summed E-state index contributed by atoms with van der Waals surface area (Å²) >= 11 is 0. The molecule has 1 atom stereocenters. The van der Waals surface area contributed by atoms with Crippen molar-refractivity contribution < 1.29 is 14.4 Å². The van der Waals surface area contributed by atoms with Crippen molar-refractivity contribution in [3.8, 4) is 0 Å². The van der Waals surface area contributed by atoms with Crippen molar-refractivity contribution in [3.05, 3.63) is 30.2 Å². The third-order valence-corrected chi connectivity index (χ3v) is 3.35. The number of hydrogen-bond donors (Lipinski definition) is 3. The zero-order chi connectivity index (χ0) is 15.5. The Bertz CT molecular complexity index is 740. The van der Waals surface area contributed by atoms with E-state index in [1.807, 2.05) is 24.4 Å². The van der Waals surface area contributed by atoms with E-state index in [0.29, 0.717) is 11.5 Å². The maximum atomic E-state index is 11.8. The van der Waals surface area contributed by atoms with Gasteiger partial charge in [-0.15, -0.1) is 10.2 Å². The van der Waals surface area contributed by atoms with Crippen molar-refractivity contribution in [1.29, 1.82) is 0 Å². The summed E-state index contributed by atoms with van der Waals surface area (Å²) in [4.78, 5) is 34.1. The van der Waals surface area contributed by atoms with Gasteiger partial charge >= 0.3 is 6.03 Å². The first kappa shape index (κ1) is 14.0. The Hall–Kier alpha value is -2.97. The first-order chi connectivity index (χ1) is 10.6. The molecule has 1 unspecified atom stereocenters. The molecule has 0 saturated carbocycles. The van der Waals surface area contributed by atoms with Gasteiger partial charge in [0.15, 0.2) is 11.5 Å². The Labute approximate surface area is 125 Å². The number of imide groups is 1. The Kier molecular flexibility index (Phi) is 3.69. The number of pyridine rings is 1. The molecule has 1 aliphatic rings. The van der Waals surface area contributed by atoms with Crippen molar-refractivity contribution >= 4 is 23.5 Å². The second-order valence-corrected chi connectivity index (χ2v) is 4.88. The molecule has 1 fully saturated rings. The lowest BCUT2D eigenvalue weighted by molar-refractivity contribution is -0.122. The molecule has 9 nitrogen and oxygen atoms in total. The molecule has 1 saturated heterocycles. The molecule has 3 rings (SSSR count). The normalized spacial score (nSPS) is 17.4. The van der Waals surface area contributed by atoms with E-state index in [2.05, 4.69) is 26.1 Å². The minimum atomic E-state index is -0.646. The van der Waals surface area contributed by atoms with Gasteiger partial charge in [-0.2, -0.15) is 0 Å². The van der Waals surface area contributed by atoms with Crippen LogP contribution in [-0.4, -0.2) is 38.5 Å². The van der Waals surface area contributed by atoms with Crippen LogP contribution in [0.3, 0.4) is 0 Å². The van der Waals surface area contributed by atoms with Gasteiger partial charge < -0.3 is 10.6 Å². The number of carbonyl (C=O) groups is 3. The summed E-state index contributed by atoms with van der Waals surface area (Å²) in [5, 5.41) is 15.3. The van der Waals surface area contributed by atoms with Crippen molar-refractivity contribution in [2.24, 2.45) is 0 Å². The summed E-state index contributed by atoms with van der Waals surface area (Å²) in [5.41, 5.74) is 0.706. The third kappa shape index (κ3) is 2.87. The quantitative estimate of drug-likeness (QED) is 0.633. The molecule has 3 heterocycles. The fourth-order valence-corrected chi connectivity index (χ4v) is 2.22. The zero-order valence-electron chi connectivity index (χ0n) is 11.6. The summed E-state index contributed by atoms with van der Waals surface area (Å²) < 4.78 is 1.78. The first-order valence-electron chi connectivity index (χ1n) is 6.80. The van der Waals surface area contributed by atoms with Crippen molar-refractivity contribution in [1.82, 2.24) is 30.5 Å².